The molecule has 1 aliphatic heterocycles. The standard InChI is InChI=1S/C34H38F2N6O4/c1-5-22-24(35)7-6-20-14-21(43)15-23(26(20)22)30-28(36)29-27(25-8-11-37-42(25)30)31(41-12-13-45-18-33(2,44)16-41)39-32(38-29)46-19-34(9-10-34)17-40(3)4/h6-8,11,14-15,43-44H,5,9-10,12-13,16-19H2,1-4H3. The summed E-state index contributed by atoms with van der Waals surface area (Å²) >= 11 is 0. The molecule has 7 rings (SSSR count). The summed E-state index contributed by atoms with van der Waals surface area (Å²) in [6.07, 6.45) is 3.92. The number of nitrogens with zero attached hydrogens (tertiary/aromatic N) is 6. The summed E-state index contributed by atoms with van der Waals surface area (Å²) in [5.74, 6) is -0.835. The van der Waals surface area contributed by atoms with Crippen molar-refractivity contribution in [2.24, 2.45) is 5.41 Å². The van der Waals surface area contributed by atoms with Crippen LogP contribution in [0.4, 0.5) is 14.6 Å². The molecule has 2 fully saturated rings. The van der Waals surface area contributed by atoms with E-state index in [1.165, 1.54) is 22.7 Å². The molecule has 46 heavy (non-hydrogen) atoms. The minimum Gasteiger partial charge on any atom is -0.508 e. The highest BCUT2D eigenvalue weighted by molar-refractivity contribution is 6.07. The van der Waals surface area contributed by atoms with Gasteiger partial charge >= 0.3 is 6.01 Å². The normalized spacial score (nSPS) is 19.8. The minimum atomic E-state index is -1.19. The fourth-order valence-electron chi connectivity index (χ4n) is 6.85. The molecule has 1 atom stereocenters. The number of β-amino-alcohol motifs (C(OH)–C–C–N with tert-alkyl or cyclic N) is 1. The zero-order chi connectivity index (χ0) is 32.4. The lowest BCUT2D eigenvalue weighted by molar-refractivity contribution is -0.0123. The van der Waals surface area contributed by atoms with Crippen LogP contribution < -0.4 is 9.64 Å². The fraction of sp³-hybridized carbons (Fsp3) is 0.441. The monoisotopic (exact) mass is 632 g/mol. The average molecular weight is 633 g/mol. The largest absolute Gasteiger partial charge is 0.508 e. The lowest BCUT2D eigenvalue weighted by atomic mass is 9.94. The first-order valence-electron chi connectivity index (χ1n) is 15.6. The van der Waals surface area contributed by atoms with Crippen LogP contribution in [0.25, 0.3) is 38.4 Å². The van der Waals surface area contributed by atoms with Crippen LogP contribution in [0.2, 0.25) is 0 Å². The van der Waals surface area contributed by atoms with Crippen molar-refractivity contribution >= 4 is 33.0 Å². The van der Waals surface area contributed by atoms with E-state index in [0.717, 1.165) is 19.4 Å². The third-order valence-electron chi connectivity index (χ3n) is 9.02. The Morgan fingerprint density at radius 2 is 1.91 bits per heavy atom. The van der Waals surface area contributed by atoms with Gasteiger partial charge in [0, 0.05) is 24.1 Å². The highest BCUT2D eigenvalue weighted by Crippen LogP contribution is 2.47. The topological polar surface area (TPSA) is 108 Å². The number of halogens is 2. The Kier molecular flexibility index (Phi) is 7.49. The van der Waals surface area contributed by atoms with Crippen molar-refractivity contribution in [3.05, 3.63) is 53.7 Å². The van der Waals surface area contributed by atoms with E-state index in [-0.39, 0.29) is 47.1 Å². The Morgan fingerprint density at radius 1 is 1.11 bits per heavy atom. The smallest absolute Gasteiger partial charge is 0.319 e. The number of hydrogen-bond acceptors (Lipinski definition) is 9. The van der Waals surface area contributed by atoms with Crippen molar-refractivity contribution in [1.82, 2.24) is 24.5 Å². The first-order valence-corrected chi connectivity index (χ1v) is 15.6. The van der Waals surface area contributed by atoms with Gasteiger partial charge in [0.15, 0.2) is 5.82 Å². The number of aromatic hydroxyl groups is 1. The Bertz CT molecular complexity index is 1970. The third kappa shape index (κ3) is 5.37. The number of fused-ring (bicyclic) bond motifs is 4. The van der Waals surface area contributed by atoms with Crippen molar-refractivity contribution in [3.8, 4) is 23.0 Å². The summed E-state index contributed by atoms with van der Waals surface area (Å²) in [6, 6.07) is 7.68. The molecule has 0 bridgehead atoms. The van der Waals surface area contributed by atoms with Gasteiger partial charge in [0.2, 0.25) is 0 Å². The Labute approximate surface area is 265 Å². The van der Waals surface area contributed by atoms with E-state index in [9.17, 15) is 10.2 Å². The number of rotatable bonds is 8. The predicted octanol–water partition coefficient (Wildman–Crippen LogP) is 4.95. The number of ether oxygens (including phenoxy) is 2. The Hall–Kier alpha value is -4.13. The number of pyridine rings is 1. The molecule has 0 radical (unpaired) electrons. The van der Waals surface area contributed by atoms with Crippen LogP contribution in [-0.2, 0) is 11.2 Å². The molecule has 4 heterocycles. The summed E-state index contributed by atoms with van der Waals surface area (Å²) in [6.45, 7) is 5.79. The van der Waals surface area contributed by atoms with Crippen LogP contribution in [0, 0.1) is 17.0 Å². The number of aliphatic hydroxyl groups is 1. The second-order valence-corrected chi connectivity index (χ2v) is 13.3. The quantitative estimate of drug-likeness (QED) is 0.246. The predicted molar refractivity (Wildman–Crippen MR) is 172 cm³/mol. The van der Waals surface area contributed by atoms with Gasteiger partial charge in [-0.05, 0) is 80.9 Å². The zero-order valence-corrected chi connectivity index (χ0v) is 26.5. The first-order chi connectivity index (χ1) is 22.0. The molecule has 1 saturated carbocycles. The second-order valence-electron chi connectivity index (χ2n) is 13.3. The number of anilines is 1. The van der Waals surface area contributed by atoms with Gasteiger partial charge in [0.05, 0.1) is 43.5 Å². The van der Waals surface area contributed by atoms with Gasteiger partial charge in [-0.1, -0.05) is 13.0 Å². The summed E-state index contributed by atoms with van der Waals surface area (Å²) in [5, 5.41) is 27.8. The van der Waals surface area contributed by atoms with Gasteiger partial charge in [-0.3, -0.25) is 0 Å². The highest BCUT2D eigenvalue weighted by atomic mass is 19.1. The van der Waals surface area contributed by atoms with E-state index in [1.807, 2.05) is 25.9 Å². The fourth-order valence-corrected chi connectivity index (χ4v) is 6.85. The number of phenols is 1. The number of benzene rings is 2. The Morgan fingerprint density at radius 3 is 2.65 bits per heavy atom. The number of aryl methyl sites for hydroxylation is 1. The first kappa shape index (κ1) is 30.5. The van der Waals surface area contributed by atoms with Gasteiger partial charge < -0.3 is 29.5 Å². The van der Waals surface area contributed by atoms with Crippen LogP contribution >= 0.6 is 0 Å². The van der Waals surface area contributed by atoms with Gasteiger partial charge in [0.25, 0.3) is 0 Å². The van der Waals surface area contributed by atoms with Crippen molar-refractivity contribution < 1.29 is 28.5 Å². The van der Waals surface area contributed by atoms with Crippen LogP contribution in [0.3, 0.4) is 0 Å². The molecular formula is C34H38F2N6O4. The molecule has 0 spiro atoms. The number of hydrogen-bond donors (Lipinski definition) is 2. The average Bonchev–Trinajstić information content (AvgIpc) is 3.64. The molecule has 0 amide bonds. The van der Waals surface area contributed by atoms with Gasteiger partial charge in [-0.25, -0.2) is 13.3 Å². The van der Waals surface area contributed by atoms with Crippen LogP contribution in [0.1, 0.15) is 32.3 Å². The molecule has 2 N–H and O–H groups in total. The number of aromatic nitrogens is 4. The SMILES string of the molecule is CCc1c(F)ccc2cc(O)cc(-c3c(F)c4nc(OCC5(CN(C)C)CC5)nc(N5CCOCC(C)(O)C5)c4c4ccnn34)c12. The molecular weight excluding hydrogens is 594 g/mol. The molecule has 2 aromatic carbocycles. The molecule has 1 unspecified atom stereocenters. The van der Waals surface area contributed by atoms with Crippen molar-refractivity contribution in [2.75, 3.05) is 58.5 Å². The summed E-state index contributed by atoms with van der Waals surface area (Å²) < 4.78 is 45.8. The summed E-state index contributed by atoms with van der Waals surface area (Å²) in [4.78, 5) is 13.5. The van der Waals surface area contributed by atoms with Crippen molar-refractivity contribution in [1.29, 1.82) is 0 Å². The summed E-state index contributed by atoms with van der Waals surface area (Å²) in [5.41, 5.74) is 0.0166. The lowest BCUT2D eigenvalue weighted by Crippen LogP contribution is -2.42. The van der Waals surface area contributed by atoms with Gasteiger partial charge in [-0.2, -0.15) is 15.1 Å². The van der Waals surface area contributed by atoms with Crippen LogP contribution in [0.5, 0.6) is 11.8 Å². The molecule has 242 valence electrons. The maximum absolute atomic E-state index is 17.3. The lowest BCUT2D eigenvalue weighted by Gasteiger charge is -2.29. The summed E-state index contributed by atoms with van der Waals surface area (Å²) in [7, 11) is 4.04. The zero-order valence-electron chi connectivity index (χ0n) is 26.5. The molecule has 12 heteroatoms. The van der Waals surface area contributed by atoms with E-state index < -0.39 is 17.2 Å². The van der Waals surface area contributed by atoms with Gasteiger partial charge in [0.1, 0.15) is 34.2 Å². The van der Waals surface area contributed by atoms with E-state index in [4.69, 9.17) is 14.5 Å². The maximum atomic E-state index is 17.3. The molecule has 10 nitrogen and oxygen atoms in total. The van der Waals surface area contributed by atoms with E-state index >= 15 is 8.78 Å². The molecule has 3 aromatic heterocycles. The van der Waals surface area contributed by atoms with Crippen LogP contribution in [-0.4, -0.2) is 93.8 Å². The number of phenolic OH excluding ortho intramolecular Hbond substituents is 1. The molecule has 2 aliphatic rings. The van der Waals surface area contributed by atoms with E-state index in [2.05, 4.69) is 15.0 Å². The molecule has 1 saturated heterocycles. The minimum absolute atomic E-state index is 0.00351. The second kappa shape index (κ2) is 11.3. The van der Waals surface area contributed by atoms with Gasteiger partial charge in [-0.15, -0.1) is 0 Å². The van der Waals surface area contributed by atoms with Crippen molar-refractivity contribution in [2.45, 2.75) is 38.7 Å². The van der Waals surface area contributed by atoms with Crippen molar-refractivity contribution in [3.63, 3.8) is 0 Å². The molecule has 5 aromatic rings. The third-order valence-corrected chi connectivity index (χ3v) is 9.02. The van der Waals surface area contributed by atoms with E-state index in [1.54, 1.807) is 25.3 Å². The van der Waals surface area contributed by atoms with Crippen LogP contribution in [0.15, 0.2) is 36.5 Å². The maximum Gasteiger partial charge on any atom is 0.319 e. The molecule has 1 aliphatic carbocycles. The van der Waals surface area contributed by atoms with E-state index in [0.29, 0.717) is 59.2 Å². The Balaban J connectivity index is 1.50. The highest BCUT2D eigenvalue weighted by Gasteiger charge is 2.44.